The fourth-order valence-electron chi connectivity index (χ4n) is 2.52. The van der Waals surface area contributed by atoms with Gasteiger partial charge in [0, 0.05) is 25.8 Å². The summed E-state index contributed by atoms with van der Waals surface area (Å²) in [5.41, 5.74) is 1.22. The van der Waals surface area contributed by atoms with E-state index in [9.17, 15) is 4.79 Å². The molecule has 1 unspecified atom stereocenters. The number of nitrogens with one attached hydrogen (secondary N) is 1. The zero-order valence-electron chi connectivity index (χ0n) is 11.3. The minimum atomic E-state index is -0.798. The van der Waals surface area contributed by atoms with Gasteiger partial charge in [-0.3, -0.25) is 4.79 Å². The number of hydrogen-bond acceptors (Lipinski definition) is 4. The number of hydrogen-bond donors (Lipinski definition) is 2. The standard InChI is InChI=1S/C14H21N3O2/c1-11-4-5-16-13(7-11)17-6-2-3-12(10-17)8-15-9-14(18)19/h4-5,7,12,15H,2-3,6,8-10H2,1H3,(H,18,19). The Morgan fingerprint density at radius 2 is 2.47 bits per heavy atom. The Kier molecular flexibility index (Phi) is 4.74. The first-order valence-electron chi connectivity index (χ1n) is 6.75. The van der Waals surface area contributed by atoms with Crippen molar-refractivity contribution in [3.63, 3.8) is 0 Å². The van der Waals surface area contributed by atoms with Gasteiger partial charge in [-0.15, -0.1) is 0 Å². The van der Waals surface area contributed by atoms with E-state index in [1.54, 1.807) is 0 Å². The molecule has 2 rings (SSSR count). The van der Waals surface area contributed by atoms with Gasteiger partial charge in [-0.2, -0.15) is 0 Å². The highest BCUT2D eigenvalue weighted by Gasteiger charge is 2.20. The van der Waals surface area contributed by atoms with E-state index in [2.05, 4.69) is 28.2 Å². The SMILES string of the molecule is Cc1ccnc(N2CCCC(CNCC(=O)O)C2)c1. The third kappa shape index (κ3) is 4.21. The molecule has 1 aromatic rings. The lowest BCUT2D eigenvalue weighted by Crippen LogP contribution is -2.41. The van der Waals surface area contributed by atoms with Crippen LogP contribution in [0.1, 0.15) is 18.4 Å². The van der Waals surface area contributed by atoms with Crippen LogP contribution in [0.15, 0.2) is 18.3 Å². The number of aromatic nitrogens is 1. The van der Waals surface area contributed by atoms with Crippen LogP contribution in [0.4, 0.5) is 5.82 Å². The minimum Gasteiger partial charge on any atom is -0.480 e. The molecule has 104 valence electrons. The van der Waals surface area contributed by atoms with Gasteiger partial charge in [-0.25, -0.2) is 4.98 Å². The first kappa shape index (κ1) is 13.8. The molecule has 0 aliphatic carbocycles. The van der Waals surface area contributed by atoms with E-state index in [-0.39, 0.29) is 6.54 Å². The first-order chi connectivity index (χ1) is 9.15. The summed E-state index contributed by atoms with van der Waals surface area (Å²) in [6.07, 6.45) is 4.13. The normalized spacial score (nSPS) is 19.4. The van der Waals surface area contributed by atoms with E-state index < -0.39 is 5.97 Å². The second-order valence-electron chi connectivity index (χ2n) is 5.17. The molecule has 1 aliphatic rings. The van der Waals surface area contributed by atoms with Crippen molar-refractivity contribution in [3.05, 3.63) is 23.9 Å². The quantitative estimate of drug-likeness (QED) is 0.838. The van der Waals surface area contributed by atoms with Crippen LogP contribution in [0.3, 0.4) is 0 Å². The maximum atomic E-state index is 10.5. The van der Waals surface area contributed by atoms with Crippen molar-refractivity contribution >= 4 is 11.8 Å². The number of piperidine rings is 1. The fraction of sp³-hybridized carbons (Fsp3) is 0.571. The zero-order chi connectivity index (χ0) is 13.7. The number of aryl methyl sites for hydroxylation is 1. The van der Waals surface area contributed by atoms with Crippen molar-refractivity contribution in [2.75, 3.05) is 31.1 Å². The lowest BCUT2D eigenvalue weighted by molar-refractivity contribution is -0.136. The van der Waals surface area contributed by atoms with E-state index in [0.29, 0.717) is 5.92 Å². The predicted octanol–water partition coefficient (Wildman–Crippen LogP) is 1.28. The van der Waals surface area contributed by atoms with Crippen LogP contribution in [-0.4, -0.2) is 42.2 Å². The molecule has 1 fully saturated rings. The van der Waals surface area contributed by atoms with Gasteiger partial charge in [0.15, 0.2) is 0 Å². The van der Waals surface area contributed by atoms with Crippen molar-refractivity contribution in [1.82, 2.24) is 10.3 Å². The molecule has 19 heavy (non-hydrogen) atoms. The fourth-order valence-corrected chi connectivity index (χ4v) is 2.52. The summed E-state index contributed by atoms with van der Waals surface area (Å²) in [6, 6.07) is 4.10. The highest BCUT2D eigenvalue weighted by atomic mass is 16.4. The van der Waals surface area contributed by atoms with Crippen LogP contribution in [0.25, 0.3) is 0 Å². The molecule has 0 saturated carbocycles. The Hall–Kier alpha value is -1.62. The van der Waals surface area contributed by atoms with E-state index in [1.165, 1.54) is 5.56 Å². The number of nitrogens with zero attached hydrogens (tertiary/aromatic N) is 2. The molecule has 0 radical (unpaired) electrons. The van der Waals surface area contributed by atoms with E-state index >= 15 is 0 Å². The van der Waals surface area contributed by atoms with Gasteiger partial charge in [0.2, 0.25) is 0 Å². The third-order valence-corrected chi connectivity index (χ3v) is 3.45. The summed E-state index contributed by atoms with van der Waals surface area (Å²) in [5.74, 6) is 0.728. The summed E-state index contributed by atoms with van der Waals surface area (Å²) in [6.45, 7) is 4.85. The Bertz CT molecular complexity index is 436. The average molecular weight is 263 g/mol. The molecule has 0 amide bonds. The number of rotatable bonds is 5. The van der Waals surface area contributed by atoms with Gasteiger partial charge in [0.1, 0.15) is 5.82 Å². The molecule has 0 bridgehead atoms. The second kappa shape index (κ2) is 6.52. The van der Waals surface area contributed by atoms with Crippen molar-refractivity contribution in [3.8, 4) is 0 Å². The van der Waals surface area contributed by atoms with Gasteiger partial charge < -0.3 is 15.3 Å². The molecular formula is C14H21N3O2. The Morgan fingerprint density at radius 3 is 3.21 bits per heavy atom. The maximum Gasteiger partial charge on any atom is 0.317 e. The van der Waals surface area contributed by atoms with Gasteiger partial charge in [-0.1, -0.05) is 0 Å². The molecule has 1 atom stereocenters. The number of aliphatic carboxylic acids is 1. The summed E-state index contributed by atoms with van der Waals surface area (Å²) >= 11 is 0. The second-order valence-corrected chi connectivity index (χ2v) is 5.17. The van der Waals surface area contributed by atoms with Crippen LogP contribution in [0.5, 0.6) is 0 Å². The largest absolute Gasteiger partial charge is 0.480 e. The first-order valence-corrected chi connectivity index (χ1v) is 6.75. The van der Waals surface area contributed by atoms with Gasteiger partial charge in [-0.05, 0) is 43.4 Å². The van der Waals surface area contributed by atoms with E-state index in [0.717, 1.165) is 38.3 Å². The molecule has 1 aliphatic heterocycles. The number of anilines is 1. The molecule has 1 saturated heterocycles. The summed E-state index contributed by atoms with van der Waals surface area (Å²) in [5, 5.41) is 11.6. The molecule has 1 aromatic heterocycles. The van der Waals surface area contributed by atoms with Crippen LogP contribution < -0.4 is 10.2 Å². The van der Waals surface area contributed by atoms with Gasteiger partial charge >= 0.3 is 5.97 Å². The number of carbonyl (C=O) groups is 1. The molecule has 0 aromatic carbocycles. The molecular weight excluding hydrogens is 242 g/mol. The third-order valence-electron chi connectivity index (χ3n) is 3.45. The highest BCUT2D eigenvalue weighted by Crippen LogP contribution is 2.21. The molecule has 5 nitrogen and oxygen atoms in total. The topological polar surface area (TPSA) is 65.5 Å². The van der Waals surface area contributed by atoms with Gasteiger partial charge in [0.05, 0.1) is 6.54 Å². The van der Waals surface area contributed by atoms with Crippen LogP contribution in [0.2, 0.25) is 0 Å². The van der Waals surface area contributed by atoms with Crippen molar-refractivity contribution < 1.29 is 9.90 Å². The Morgan fingerprint density at radius 1 is 1.63 bits per heavy atom. The smallest absolute Gasteiger partial charge is 0.317 e. The number of carboxylic acids is 1. The van der Waals surface area contributed by atoms with Crippen LogP contribution in [0, 0.1) is 12.8 Å². The number of pyridine rings is 1. The van der Waals surface area contributed by atoms with Crippen LogP contribution in [-0.2, 0) is 4.79 Å². The average Bonchev–Trinajstić information content (AvgIpc) is 2.39. The zero-order valence-corrected chi connectivity index (χ0v) is 11.3. The summed E-state index contributed by atoms with van der Waals surface area (Å²) in [4.78, 5) is 17.2. The van der Waals surface area contributed by atoms with Crippen molar-refractivity contribution in [2.24, 2.45) is 5.92 Å². The van der Waals surface area contributed by atoms with E-state index in [4.69, 9.17) is 5.11 Å². The Labute approximate surface area is 113 Å². The Balaban J connectivity index is 1.88. The highest BCUT2D eigenvalue weighted by molar-refractivity contribution is 5.68. The predicted molar refractivity (Wildman–Crippen MR) is 74.4 cm³/mol. The monoisotopic (exact) mass is 263 g/mol. The molecule has 2 heterocycles. The molecule has 0 spiro atoms. The summed E-state index contributed by atoms with van der Waals surface area (Å²) < 4.78 is 0. The number of carboxylic acid groups (broad SMARTS) is 1. The minimum absolute atomic E-state index is 0.0409. The van der Waals surface area contributed by atoms with Crippen LogP contribution >= 0.6 is 0 Å². The van der Waals surface area contributed by atoms with Gasteiger partial charge in [0.25, 0.3) is 0 Å². The maximum absolute atomic E-state index is 10.5. The summed E-state index contributed by atoms with van der Waals surface area (Å²) in [7, 11) is 0. The van der Waals surface area contributed by atoms with Crippen molar-refractivity contribution in [1.29, 1.82) is 0 Å². The van der Waals surface area contributed by atoms with E-state index in [1.807, 2.05) is 12.3 Å². The van der Waals surface area contributed by atoms with Crippen molar-refractivity contribution in [2.45, 2.75) is 19.8 Å². The molecule has 5 heteroatoms. The lowest BCUT2D eigenvalue weighted by Gasteiger charge is -2.33. The lowest BCUT2D eigenvalue weighted by atomic mass is 9.98. The molecule has 2 N–H and O–H groups in total.